The van der Waals surface area contributed by atoms with E-state index in [1.807, 2.05) is 6.92 Å². The molecule has 0 bridgehead atoms. The molecule has 0 aromatic heterocycles. The van der Waals surface area contributed by atoms with Crippen molar-refractivity contribution in [1.82, 2.24) is 0 Å². The van der Waals surface area contributed by atoms with Gasteiger partial charge in [-0.25, -0.2) is 4.79 Å². The molecule has 2 nitrogen and oxygen atoms in total. The highest BCUT2D eigenvalue weighted by molar-refractivity contribution is 6.08. The maximum Gasteiger partial charge on any atom is 0.333 e. The van der Waals surface area contributed by atoms with E-state index < -0.39 is 0 Å². The Morgan fingerprint density at radius 3 is 2.73 bits per heavy atom. The van der Waals surface area contributed by atoms with Crippen LogP contribution in [-0.2, 0) is 9.53 Å². The highest BCUT2D eigenvalue weighted by Gasteiger charge is 2.02. The van der Waals surface area contributed by atoms with Gasteiger partial charge in [-0.1, -0.05) is 12.1 Å². The molecule has 0 aromatic rings. The molecule has 0 aliphatic rings. The summed E-state index contributed by atoms with van der Waals surface area (Å²) in [6, 6.07) is 1.20. The van der Waals surface area contributed by atoms with Gasteiger partial charge in [-0.3, -0.25) is 0 Å². The van der Waals surface area contributed by atoms with E-state index >= 15 is 0 Å². The van der Waals surface area contributed by atoms with Crippen LogP contribution in [0.1, 0.15) is 20.3 Å². The number of carbonyl (C=O) groups excluding carboxylic acids is 1. The molecular weight excluding hydrogens is 156 g/mol. The minimum absolute atomic E-state index is 0.178. The molecule has 0 heterocycles. The Hall–Kier alpha value is -0.573. The third-order valence-electron chi connectivity index (χ3n) is 1.49. The van der Waals surface area contributed by atoms with Gasteiger partial charge >= 0.3 is 5.97 Å². The monoisotopic (exact) mass is 172 g/mol. The number of hydrogen-bond acceptors (Lipinski definition) is 2. The lowest BCUT2D eigenvalue weighted by atomic mass is 10.3. The standard InChI is InChI=1S/C8H16O2Si/c1-3-7(2)8(9)10-5-4-6-11/h3H,4-6H2,1-2,11H3. The number of rotatable bonds is 4. The number of hydrogen-bond donors (Lipinski definition) is 0. The Morgan fingerprint density at radius 1 is 1.64 bits per heavy atom. The van der Waals surface area contributed by atoms with Crippen LogP contribution in [0.4, 0.5) is 0 Å². The second kappa shape index (κ2) is 6.16. The second-order valence-corrected chi connectivity index (χ2v) is 3.46. The summed E-state index contributed by atoms with van der Waals surface area (Å²) in [4.78, 5) is 11.0. The molecule has 0 aliphatic carbocycles. The van der Waals surface area contributed by atoms with Gasteiger partial charge in [0.05, 0.1) is 6.61 Å². The summed E-state index contributed by atoms with van der Waals surface area (Å²) in [5, 5.41) is 0. The largest absolute Gasteiger partial charge is 0.462 e. The maximum absolute atomic E-state index is 11.0. The highest BCUT2D eigenvalue weighted by atomic mass is 28.1. The quantitative estimate of drug-likeness (QED) is 0.270. The van der Waals surface area contributed by atoms with Crippen molar-refractivity contribution in [2.24, 2.45) is 0 Å². The molecule has 0 radical (unpaired) electrons. The molecule has 0 amide bonds. The fraction of sp³-hybridized carbons (Fsp3) is 0.625. The SMILES string of the molecule is CC=C(C)C(=O)OCCC[SiH3]. The summed E-state index contributed by atoms with van der Waals surface area (Å²) < 4.78 is 4.95. The highest BCUT2D eigenvalue weighted by Crippen LogP contribution is 1.97. The second-order valence-electron chi connectivity index (χ2n) is 2.46. The van der Waals surface area contributed by atoms with E-state index in [0.717, 1.165) is 6.42 Å². The van der Waals surface area contributed by atoms with E-state index in [0.29, 0.717) is 12.2 Å². The molecule has 11 heavy (non-hydrogen) atoms. The summed E-state index contributed by atoms with van der Waals surface area (Å²) in [6.45, 7) is 4.18. The van der Waals surface area contributed by atoms with Crippen molar-refractivity contribution < 1.29 is 9.53 Å². The van der Waals surface area contributed by atoms with E-state index in [1.54, 1.807) is 13.0 Å². The molecule has 0 unspecified atom stereocenters. The predicted molar refractivity (Wildman–Crippen MR) is 49.8 cm³/mol. The third-order valence-corrected chi connectivity index (χ3v) is 2.19. The van der Waals surface area contributed by atoms with E-state index in [2.05, 4.69) is 0 Å². The topological polar surface area (TPSA) is 26.3 Å². The average Bonchev–Trinajstić information content (AvgIpc) is 2.03. The van der Waals surface area contributed by atoms with Gasteiger partial charge in [0.2, 0.25) is 0 Å². The predicted octanol–water partition coefficient (Wildman–Crippen LogP) is 0.670. The van der Waals surface area contributed by atoms with Crippen molar-refractivity contribution in [1.29, 1.82) is 0 Å². The fourth-order valence-corrected chi connectivity index (χ4v) is 0.830. The zero-order chi connectivity index (χ0) is 8.69. The van der Waals surface area contributed by atoms with Crippen molar-refractivity contribution >= 4 is 16.2 Å². The van der Waals surface area contributed by atoms with E-state index in [9.17, 15) is 4.79 Å². The Balaban J connectivity index is 3.53. The van der Waals surface area contributed by atoms with Crippen molar-refractivity contribution in [3.05, 3.63) is 11.6 Å². The molecule has 0 fully saturated rings. The minimum atomic E-state index is -0.178. The Kier molecular flexibility index (Phi) is 5.84. The number of carbonyl (C=O) groups is 1. The molecule has 0 N–H and O–H groups in total. The molecule has 0 spiro atoms. The normalized spacial score (nSPS) is 11.6. The van der Waals surface area contributed by atoms with Gasteiger partial charge in [0.15, 0.2) is 0 Å². The average molecular weight is 172 g/mol. The van der Waals surface area contributed by atoms with E-state index in [1.165, 1.54) is 16.3 Å². The fourth-order valence-electron chi connectivity index (χ4n) is 0.541. The maximum atomic E-state index is 11.0. The summed E-state index contributed by atoms with van der Waals surface area (Å²) in [5.41, 5.74) is 0.693. The first-order chi connectivity index (χ1) is 5.22. The number of allylic oxidation sites excluding steroid dienone is 1. The first-order valence-corrected chi connectivity index (χ1v) is 5.43. The van der Waals surface area contributed by atoms with Crippen molar-refractivity contribution in [3.63, 3.8) is 0 Å². The smallest absolute Gasteiger partial charge is 0.333 e. The Labute approximate surface area is 71.1 Å². The minimum Gasteiger partial charge on any atom is -0.462 e. The molecule has 3 heteroatoms. The van der Waals surface area contributed by atoms with Crippen molar-refractivity contribution in [3.8, 4) is 0 Å². The molecule has 0 rings (SSSR count). The lowest BCUT2D eigenvalue weighted by Gasteiger charge is -2.02. The summed E-state index contributed by atoms with van der Waals surface area (Å²) in [5.74, 6) is -0.178. The third kappa shape index (κ3) is 4.78. The lowest BCUT2D eigenvalue weighted by molar-refractivity contribution is -0.138. The van der Waals surface area contributed by atoms with Crippen LogP contribution < -0.4 is 0 Å². The zero-order valence-corrected chi connectivity index (χ0v) is 9.52. The molecule has 0 saturated heterocycles. The Morgan fingerprint density at radius 2 is 2.27 bits per heavy atom. The van der Waals surface area contributed by atoms with Crippen LogP contribution in [0.5, 0.6) is 0 Å². The summed E-state index contributed by atoms with van der Waals surface area (Å²) >= 11 is 0. The molecule has 0 saturated carbocycles. The zero-order valence-electron chi connectivity index (χ0n) is 7.52. The lowest BCUT2D eigenvalue weighted by Crippen LogP contribution is -2.06. The van der Waals surface area contributed by atoms with Gasteiger partial charge in [-0.05, 0) is 20.3 Å². The van der Waals surface area contributed by atoms with Crippen molar-refractivity contribution in [2.45, 2.75) is 26.3 Å². The van der Waals surface area contributed by atoms with Gasteiger partial charge < -0.3 is 4.74 Å². The van der Waals surface area contributed by atoms with E-state index in [4.69, 9.17) is 4.74 Å². The molecule has 64 valence electrons. The van der Waals surface area contributed by atoms with Crippen LogP contribution in [0.3, 0.4) is 0 Å². The summed E-state index contributed by atoms with van der Waals surface area (Å²) in [6.07, 6.45) is 2.78. The Bertz CT molecular complexity index is 152. The van der Waals surface area contributed by atoms with Gasteiger partial charge in [-0.15, -0.1) is 0 Å². The molecular formula is C8H16O2Si. The summed E-state index contributed by atoms with van der Waals surface area (Å²) in [7, 11) is 1.19. The molecule has 0 atom stereocenters. The molecule has 0 aliphatic heterocycles. The van der Waals surface area contributed by atoms with Gasteiger partial charge in [0.25, 0.3) is 0 Å². The number of esters is 1. The number of ether oxygens (including phenoxy) is 1. The van der Waals surface area contributed by atoms with Crippen LogP contribution in [0, 0.1) is 0 Å². The van der Waals surface area contributed by atoms with Crippen molar-refractivity contribution in [2.75, 3.05) is 6.61 Å². The first kappa shape index (κ1) is 10.4. The van der Waals surface area contributed by atoms with Crippen LogP contribution >= 0.6 is 0 Å². The van der Waals surface area contributed by atoms with E-state index in [-0.39, 0.29) is 5.97 Å². The first-order valence-electron chi connectivity index (χ1n) is 4.02. The van der Waals surface area contributed by atoms with Gasteiger partial charge in [-0.2, -0.15) is 0 Å². The molecule has 0 aromatic carbocycles. The van der Waals surface area contributed by atoms with Crippen LogP contribution in [0.15, 0.2) is 11.6 Å². The van der Waals surface area contributed by atoms with Gasteiger partial charge in [0.1, 0.15) is 0 Å². The van der Waals surface area contributed by atoms with Crippen LogP contribution in [0.25, 0.3) is 0 Å². The van der Waals surface area contributed by atoms with Crippen LogP contribution in [-0.4, -0.2) is 22.8 Å². The van der Waals surface area contributed by atoms with Crippen LogP contribution in [0.2, 0.25) is 6.04 Å². The van der Waals surface area contributed by atoms with Gasteiger partial charge in [0, 0.05) is 15.8 Å².